The van der Waals surface area contributed by atoms with Crippen molar-refractivity contribution in [2.24, 2.45) is 7.05 Å². The van der Waals surface area contributed by atoms with Gasteiger partial charge in [0.15, 0.2) is 5.78 Å². The van der Waals surface area contributed by atoms with Gasteiger partial charge < -0.3 is 4.57 Å². The molecule has 15 heavy (non-hydrogen) atoms. The lowest BCUT2D eigenvalue weighted by atomic mass is 10.2. The van der Waals surface area contributed by atoms with Crippen LogP contribution < -0.4 is 0 Å². The number of benzene rings is 1. The van der Waals surface area contributed by atoms with Crippen molar-refractivity contribution in [1.82, 2.24) is 4.57 Å². The van der Waals surface area contributed by atoms with Gasteiger partial charge in [0.25, 0.3) is 0 Å². The first kappa shape index (κ1) is 10.5. The molecule has 2 rings (SSSR count). The van der Waals surface area contributed by atoms with Crippen molar-refractivity contribution in [3.05, 3.63) is 33.9 Å². The van der Waals surface area contributed by atoms with Crippen LogP contribution >= 0.6 is 23.2 Å². The molecule has 1 aromatic carbocycles. The number of halogens is 2. The number of hydrogen-bond donors (Lipinski definition) is 0. The number of ketones is 1. The Morgan fingerprint density at radius 2 is 2.00 bits per heavy atom. The van der Waals surface area contributed by atoms with Crippen molar-refractivity contribution in [1.29, 1.82) is 0 Å². The van der Waals surface area contributed by atoms with Crippen LogP contribution in [0.2, 0.25) is 10.0 Å². The summed E-state index contributed by atoms with van der Waals surface area (Å²) in [5.41, 5.74) is 1.43. The molecule has 0 N–H and O–H groups in total. The topological polar surface area (TPSA) is 22.0 Å². The number of aryl methyl sites for hydroxylation is 1. The van der Waals surface area contributed by atoms with Gasteiger partial charge in [-0.05, 0) is 18.2 Å². The molecule has 1 aromatic heterocycles. The molecule has 4 heteroatoms. The highest BCUT2D eigenvalue weighted by atomic mass is 35.5. The Balaban J connectivity index is 2.91. The van der Waals surface area contributed by atoms with Gasteiger partial charge in [-0.25, -0.2) is 0 Å². The predicted octanol–water partition coefficient (Wildman–Crippen LogP) is 3.69. The summed E-state index contributed by atoms with van der Waals surface area (Å²) in [6.07, 6.45) is 0. The van der Waals surface area contributed by atoms with E-state index >= 15 is 0 Å². The lowest BCUT2D eigenvalue weighted by molar-refractivity contribution is 0.101. The van der Waals surface area contributed by atoms with E-state index in [-0.39, 0.29) is 5.78 Å². The zero-order valence-corrected chi connectivity index (χ0v) is 9.86. The number of Topliss-reactive ketones (excluding diaryl/α,β-unsaturated/α-hetero) is 1. The molecule has 0 atom stereocenters. The predicted molar refractivity (Wildman–Crippen MR) is 62.9 cm³/mol. The second-order valence-electron chi connectivity index (χ2n) is 3.44. The minimum Gasteiger partial charge on any atom is -0.340 e. The third kappa shape index (κ3) is 1.54. The largest absolute Gasteiger partial charge is 0.340 e. The highest BCUT2D eigenvalue weighted by Gasteiger charge is 2.16. The fourth-order valence-corrected chi connectivity index (χ4v) is 2.35. The lowest BCUT2D eigenvalue weighted by Gasteiger charge is -1.99. The number of hydrogen-bond acceptors (Lipinski definition) is 1. The molecule has 0 bridgehead atoms. The molecule has 0 aliphatic carbocycles. The minimum absolute atomic E-state index is 0.0465. The first-order valence-corrected chi connectivity index (χ1v) is 5.22. The standard InChI is InChI=1S/C11H9Cl2NO/c1-6(15)11-10(13)8-5-7(12)3-4-9(8)14(11)2/h3-5H,1-2H3. The molecule has 0 aliphatic heterocycles. The van der Waals surface area contributed by atoms with Gasteiger partial charge in [0.05, 0.1) is 5.02 Å². The van der Waals surface area contributed by atoms with Gasteiger partial charge in [0, 0.05) is 29.9 Å². The summed E-state index contributed by atoms with van der Waals surface area (Å²) in [5.74, 6) is -0.0465. The molecule has 0 radical (unpaired) electrons. The highest BCUT2D eigenvalue weighted by Crippen LogP contribution is 2.31. The smallest absolute Gasteiger partial charge is 0.177 e. The minimum atomic E-state index is -0.0465. The number of aromatic nitrogens is 1. The van der Waals surface area contributed by atoms with Crippen LogP contribution in [0.15, 0.2) is 18.2 Å². The summed E-state index contributed by atoms with van der Waals surface area (Å²) in [6, 6.07) is 5.41. The van der Waals surface area contributed by atoms with Crippen molar-refractivity contribution >= 4 is 39.9 Å². The van der Waals surface area contributed by atoms with E-state index in [0.717, 1.165) is 10.9 Å². The summed E-state index contributed by atoms with van der Waals surface area (Å²) in [6.45, 7) is 1.50. The van der Waals surface area contributed by atoms with Gasteiger partial charge in [0.1, 0.15) is 5.69 Å². The first-order valence-electron chi connectivity index (χ1n) is 4.46. The second kappa shape index (κ2) is 3.54. The maximum atomic E-state index is 11.4. The Labute approximate surface area is 97.4 Å². The van der Waals surface area contributed by atoms with Gasteiger partial charge in [-0.3, -0.25) is 4.79 Å². The van der Waals surface area contributed by atoms with Crippen molar-refractivity contribution in [2.75, 3.05) is 0 Å². The average molecular weight is 242 g/mol. The van der Waals surface area contributed by atoms with Gasteiger partial charge in [-0.15, -0.1) is 0 Å². The zero-order valence-electron chi connectivity index (χ0n) is 8.34. The van der Waals surface area contributed by atoms with Gasteiger partial charge in [-0.2, -0.15) is 0 Å². The second-order valence-corrected chi connectivity index (χ2v) is 4.25. The normalized spacial score (nSPS) is 10.9. The van der Waals surface area contributed by atoms with Crippen molar-refractivity contribution in [3.63, 3.8) is 0 Å². The number of carbonyl (C=O) groups is 1. The molecule has 78 valence electrons. The van der Waals surface area contributed by atoms with Crippen LogP contribution in [-0.2, 0) is 7.05 Å². The third-order valence-corrected chi connectivity index (χ3v) is 3.05. The van der Waals surface area contributed by atoms with E-state index in [2.05, 4.69) is 0 Å². The SMILES string of the molecule is CC(=O)c1c(Cl)c2cc(Cl)ccc2n1C. The molecule has 2 aromatic rings. The van der Waals surface area contributed by atoms with E-state index in [4.69, 9.17) is 23.2 Å². The Kier molecular flexibility index (Phi) is 2.49. The maximum Gasteiger partial charge on any atom is 0.177 e. The summed E-state index contributed by atoms with van der Waals surface area (Å²) in [7, 11) is 1.82. The fourth-order valence-electron chi connectivity index (χ4n) is 1.76. The monoisotopic (exact) mass is 241 g/mol. The Morgan fingerprint density at radius 1 is 1.33 bits per heavy atom. The van der Waals surface area contributed by atoms with Crippen LogP contribution in [0.4, 0.5) is 0 Å². The van der Waals surface area contributed by atoms with Crippen molar-refractivity contribution < 1.29 is 4.79 Å². The van der Waals surface area contributed by atoms with E-state index in [9.17, 15) is 4.79 Å². The molecule has 0 unspecified atom stereocenters. The lowest BCUT2D eigenvalue weighted by Crippen LogP contribution is -2.01. The molecule has 0 spiro atoms. The number of fused-ring (bicyclic) bond motifs is 1. The highest BCUT2D eigenvalue weighted by molar-refractivity contribution is 6.39. The Hall–Kier alpha value is -0.990. The number of nitrogens with zero attached hydrogens (tertiary/aromatic N) is 1. The third-order valence-electron chi connectivity index (χ3n) is 2.43. The van der Waals surface area contributed by atoms with Gasteiger partial charge in [-0.1, -0.05) is 23.2 Å². The summed E-state index contributed by atoms with van der Waals surface area (Å²) >= 11 is 12.0. The molecule has 0 saturated heterocycles. The van der Waals surface area contributed by atoms with E-state index in [1.54, 1.807) is 16.7 Å². The van der Waals surface area contributed by atoms with Crippen LogP contribution in [-0.4, -0.2) is 10.4 Å². The van der Waals surface area contributed by atoms with E-state index < -0.39 is 0 Å². The van der Waals surface area contributed by atoms with Crippen molar-refractivity contribution in [3.8, 4) is 0 Å². The van der Waals surface area contributed by atoms with Crippen LogP contribution in [0.5, 0.6) is 0 Å². The van der Waals surface area contributed by atoms with E-state index in [0.29, 0.717) is 15.7 Å². The molecule has 0 fully saturated rings. The zero-order chi connectivity index (χ0) is 11.2. The molecule has 1 heterocycles. The fraction of sp³-hybridized carbons (Fsp3) is 0.182. The van der Waals surface area contributed by atoms with Crippen LogP contribution in [0.1, 0.15) is 17.4 Å². The molecule has 2 nitrogen and oxygen atoms in total. The summed E-state index contributed by atoms with van der Waals surface area (Å²) < 4.78 is 1.79. The van der Waals surface area contributed by atoms with Crippen LogP contribution in [0, 0.1) is 0 Å². The maximum absolute atomic E-state index is 11.4. The first-order chi connectivity index (χ1) is 7.02. The van der Waals surface area contributed by atoms with Crippen LogP contribution in [0.25, 0.3) is 10.9 Å². The van der Waals surface area contributed by atoms with Gasteiger partial charge in [0.2, 0.25) is 0 Å². The number of rotatable bonds is 1. The Morgan fingerprint density at radius 3 is 2.60 bits per heavy atom. The van der Waals surface area contributed by atoms with E-state index in [1.807, 2.05) is 13.1 Å². The van der Waals surface area contributed by atoms with Crippen LogP contribution in [0.3, 0.4) is 0 Å². The molecule has 0 saturated carbocycles. The Bertz CT molecular complexity index is 557. The molecule has 0 aliphatic rings. The summed E-state index contributed by atoms with van der Waals surface area (Å²) in [4.78, 5) is 11.4. The van der Waals surface area contributed by atoms with Crippen molar-refractivity contribution in [2.45, 2.75) is 6.92 Å². The summed E-state index contributed by atoms with van der Waals surface area (Å²) in [5, 5.41) is 1.91. The van der Waals surface area contributed by atoms with E-state index in [1.165, 1.54) is 6.92 Å². The number of carbonyl (C=O) groups excluding carboxylic acids is 1. The quantitative estimate of drug-likeness (QED) is 0.699. The van der Waals surface area contributed by atoms with Gasteiger partial charge >= 0.3 is 0 Å². The average Bonchev–Trinajstić information content (AvgIpc) is 2.39. The molecular weight excluding hydrogens is 233 g/mol. The molecular formula is C11H9Cl2NO. The molecule has 0 amide bonds.